The number of hydrogen-bond donors (Lipinski definition) is 3. The number of pyridine rings is 1. The van der Waals surface area contributed by atoms with E-state index in [1.54, 1.807) is 17.5 Å². The summed E-state index contributed by atoms with van der Waals surface area (Å²) in [6, 6.07) is 10.4. The zero-order chi connectivity index (χ0) is 17.9. The third kappa shape index (κ3) is 3.34. The summed E-state index contributed by atoms with van der Waals surface area (Å²) in [5, 5.41) is 20.3. The average molecular weight is 365 g/mol. The van der Waals surface area contributed by atoms with Crippen molar-refractivity contribution in [2.45, 2.75) is 12.5 Å². The molecule has 3 N–H and O–H groups in total. The number of fused-ring (bicyclic) bond motifs is 1. The molecular weight excluding hydrogens is 346 g/mol. The standard InChI is InChI=1S/C20H19N3O2S/c24-20(25)17-4-6-21-10-18(17)23-11-19-16-2-1-13(15-5-8-26-12-15)9-14(16)3-7-22-19/h1-2,4-6,8-10,12,19,22-23H,3,7,11H2,(H,24,25)/t19-/m0/s1. The third-order valence-electron chi connectivity index (χ3n) is 4.71. The Kier molecular flexibility index (Phi) is 4.69. The van der Waals surface area contributed by atoms with Gasteiger partial charge in [0, 0.05) is 18.8 Å². The van der Waals surface area contributed by atoms with Gasteiger partial charge in [-0.2, -0.15) is 11.3 Å². The first kappa shape index (κ1) is 16.8. The molecule has 0 saturated carbocycles. The lowest BCUT2D eigenvalue weighted by Gasteiger charge is -2.28. The van der Waals surface area contributed by atoms with E-state index in [0.29, 0.717) is 12.2 Å². The molecule has 0 unspecified atom stereocenters. The van der Waals surface area contributed by atoms with Crippen LogP contribution in [0, 0.1) is 0 Å². The van der Waals surface area contributed by atoms with Crippen molar-refractivity contribution in [1.29, 1.82) is 0 Å². The van der Waals surface area contributed by atoms with Crippen molar-refractivity contribution in [3.05, 3.63) is 70.2 Å². The summed E-state index contributed by atoms with van der Waals surface area (Å²) >= 11 is 1.71. The number of aromatic nitrogens is 1. The molecule has 3 heterocycles. The van der Waals surface area contributed by atoms with Crippen LogP contribution in [0.15, 0.2) is 53.5 Å². The maximum absolute atomic E-state index is 11.3. The van der Waals surface area contributed by atoms with Gasteiger partial charge in [-0.1, -0.05) is 18.2 Å². The molecule has 0 saturated heterocycles. The molecule has 0 bridgehead atoms. The summed E-state index contributed by atoms with van der Waals surface area (Å²) in [4.78, 5) is 15.4. The van der Waals surface area contributed by atoms with Gasteiger partial charge in [0.25, 0.3) is 0 Å². The van der Waals surface area contributed by atoms with Crippen LogP contribution in [0.2, 0.25) is 0 Å². The molecule has 5 nitrogen and oxygen atoms in total. The minimum Gasteiger partial charge on any atom is -0.478 e. The Morgan fingerprint density at radius 3 is 3.04 bits per heavy atom. The van der Waals surface area contributed by atoms with E-state index in [1.165, 1.54) is 34.5 Å². The lowest BCUT2D eigenvalue weighted by atomic mass is 9.91. The molecule has 4 rings (SSSR count). The number of hydrogen-bond acceptors (Lipinski definition) is 5. The van der Waals surface area contributed by atoms with Gasteiger partial charge in [-0.3, -0.25) is 4.98 Å². The summed E-state index contributed by atoms with van der Waals surface area (Å²) in [6.45, 7) is 1.52. The molecule has 6 heteroatoms. The van der Waals surface area contributed by atoms with E-state index in [-0.39, 0.29) is 11.6 Å². The third-order valence-corrected chi connectivity index (χ3v) is 5.39. The second-order valence-corrected chi connectivity index (χ2v) is 7.07. The van der Waals surface area contributed by atoms with E-state index in [9.17, 15) is 9.90 Å². The molecule has 0 spiro atoms. The topological polar surface area (TPSA) is 74.2 Å². The summed E-state index contributed by atoms with van der Waals surface area (Å²) in [5.41, 5.74) is 5.91. The van der Waals surface area contributed by atoms with E-state index >= 15 is 0 Å². The molecule has 1 aliphatic rings. The van der Waals surface area contributed by atoms with Crippen LogP contribution in [-0.2, 0) is 6.42 Å². The highest BCUT2D eigenvalue weighted by molar-refractivity contribution is 7.08. The number of carbonyl (C=O) groups is 1. The zero-order valence-corrected chi connectivity index (χ0v) is 14.9. The van der Waals surface area contributed by atoms with Gasteiger partial charge in [-0.15, -0.1) is 0 Å². The quantitative estimate of drug-likeness (QED) is 0.641. The molecule has 132 valence electrons. The van der Waals surface area contributed by atoms with Crippen molar-refractivity contribution >= 4 is 23.0 Å². The van der Waals surface area contributed by atoms with Crippen molar-refractivity contribution in [3.63, 3.8) is 0 Å². The van der Waals surface area contributed by atoms with Gasteiger partial charge in [0.2, 0.25) is 0 Å². The fourth-order valence-electron chi connectivity index (χ4n) is 3.38. The predicted molar refractivity (Wildman–Crippen MR) is 104 cm³/mol. The van der Waals surface area contributed by atoms with Crippen molar-refractivity contribution in [1.82, 2.24) is 10.3 Å². The van der Waals surface area contributed by atoms with Crippen molar-refractivity contribution in [2.24, 2.45) is 0 Å². The second-order valence-electron chi connectivity index (χ2n) is 6.29. The minimum absolute atomic E-state index is 0.136. The smallest absolute Gasteiger partial charge is 0.337 e. The Hall–Kier alpha value is -2.70. The van der Waals surface area contributed by atoms with Crippen LogP contribution in [0.25, 0.3) is 11.1 Å². The van der Waals surface area contributed by atoms with Crippen molar-refractivity contribution in [2.75, 3.05) is 18.4 Å². The fraction of sp³-hybridized carbons (Fsp3) is 0.200. The Morgan fingerprint density at radius 2 is 2.23 bits per heavy atom. The van der Waals surface area contributed by atoms with E-state index in [2.05, 4.69) is 50.6 Å². The number of anilines is 1. The predicted octanol–water partition coefficient (Wildman–Crippen LogP) is 3.81. The molecule has 0 aliphatic carbocycles. The zero-order valence-electron chi connectivity index (χ0n) is 14.1. The maximum atomic E-state index is 11.3. The molecular formula is C20H19N3O2S. The number of aromatic carboxylic acids is 1. The number of carboxylic acid groups (broad SMARTS) is 1. The van der Waals surface area contributed by atoms with Crippen LogP contribution < -0.4 is 10.6 Å². The molecule has 0 amide bonds. The highest BCUT2D eigenvalue weighted by Gasteiger charge is 2.21. The summed E-state index contributed by atoms with van der Waals surface area (Å²) in [6.07, 6.45) is 4.05. The lowest BCUT2D eigenvalue weighted by Crippen LogP contribution is -2.34. The molecule has 0 radical (unpaired) electrons. The molecule has 26 heavy (non-hydrogen) atoms. The summed E-state index contributed by atoms with van der Waals surface area (Å²) < 4.78 is 0. The van der Waals surface area contributed by atoms with Gasteiger partial charge in [0.15, 0.2) is 0 Å². The first-order valence-corrected chi connectivity index (χ1v) is 9.46. The highest BCUT2D eigenvalue weighted by Crippen LogP contribution is 2.30. The Balaban J connectivity index is 1.54. The van der Waals surface area contributed by atoms with Crippen LogP contribution in [0.5, 0.6) is 0 Å². The van der Waals surface area contributed by atoms with Crippen LogP contribution in [-0.4, -0.2) is 29.1 Å². The normalized spacial score (nSPS) is 16.1. The fourth-order valence-corrected chi connectivity index (χ4v) is 4.04. The average Bonchev–Trinajstić information content (AvgIpc) is 3.21. The molecule has 1 aliphatic heterocycles. The Labute approximate surface area is 155 Å². The van der Waals surface area contributed by atoms with E-state index in [1.807, 2.05) is 0 Å². The van der Waals surface area contributed by atoms with E-state index in [4.69, 9.17) is 0 Å². The van der Waals surface area contributed by atoms with Gasteiger partial charge in [-0.05, 0) is 58.1 Å². The SMILES string of the molecule is O=C(O)c1ccncc1NC[C@@H]1NCCc2cc(-c3ccsc3)ccc21. The maximum Gasteiger partial charge on any atom is 0.337 e. The van der Waals surface area contributed by atoms with E-state index < -0.39 is 5.97 Å². The Morgan fingerprint density at radius 1 is 1.31 bits per heavy atom. The Bertz CT molecular complexity index is 925. The van der Waals surface area contributed by atoms with Crippen LogP contribution in [0.3, 0.4) is 0 Å². The number of rotatable bonds is 5. The minimum atomic E-state index is -0.952. The number of nitrogens with one attached hydrogen (secondary N) is 2. The molecule has 0 fully saturated rings. The molecule has 1 atom stereocenters. The monoisotopic (exact) mass is 365 g/mol. The first-order valence-electron chi connectivity index (χ1n) is 8.52. The number of benzene rings is 1. The van der Waals surface area contributed by atoms with Crippen LogP contribution in [0.4, 0.5) is 5.69 Å². The summed E-state index contributed by atoms with van der Waals surface area (Å²) in [5.74, 6) is -0.952. The number of nitrogens with zero attached hydrogens (tertiary/aromatic N) is 1. The van der Waals surface area contributed by atoms with Crippen LogP contribution in [0.1, 0.15) is 27.5 Å². The van der Waals surface area contributed by atoms with Crippen molar-refractivity contribution < 1.29 is 9.90 Å². The van der Waals surface area contributed by atoms with E-state index in [0.717, 1.165) is 13.0 Å². The second kappa shape index (κ2) is 7.27. The van der Waals surface area contributed by atoms with Crippen LogP contribution >= 0.6 is 11.3 Å². The van der Waals surface area contributed by atoms with Gasteiger partial charge in [-0.25, -0.2) is 4.79 Å². The number of carboxylic acids is 1. The van der Waals surface area contributed by atoms with Gasteiger partial charge in [0.05, 0.1) is 17.4 Å². The highest BCUT2D eigenvalue weighted by atomic mass is 32.1. The molecule has 2 aromatic heterocycles. The van der Waals surface area contributed by atoms with Gasteiger partial charge >= 0.3 is 5.97 Å². The largest absolute Gasteiger partial charge is 0.478 e. The van der Waals surface area contributed by atoms with Gasteiger partial charge in [0.1, 0.15) is 0 Å². The molecule has 3 aromatic rings. The first-order chi connectivity index (χ1) is 12.7. The lowest BCUT2D eigenvalue weighted by molar-refractivity contribution is 0.0698. The summed E-state index contributed by atoms with van der Waals surface area (Å²) in [7, 11) is 0. The van der Waals surface area contributed by atoms with Gasteiger partial charge < -0.3 is 15.7 Å². The van der Waals surface area contributed by atoms with Crippen molar-refractivity contribution in [3.8, 4) is 11.1 Å². The number of thiophene rings is 1. The molecule has 1 aromatic carbocycles.